The van der Waals surface area contributed by atoms with Crippen LogP contribution in [0, 0.1) is 17.8 Å². The number of nitrogens with one attached hydrogen (secondary N) is 3. The van der Waals surface area contributed by atoms with Crippen molar-refractivity contribution >= 4 is 11.8 Å². The molecule has 1 aromatic rings. The van der Waals surface area contributed by atoms with E-state index < -0.39 is 0 Å². The van der Waals surface area contributed by atoms with Gasteiger partial charge in [-0.2, -0.15) is 5.53 Å². The number of likely N-dealkylation sites (tertiary alicyclic amines) is 2. The summed E-state index contributed by atoms with van der Waals surface area (Å²) in [5.41, 5.74) is 11.5. The predicted octanol–water partition coefficient (Wildman–Crippen LogP) is 1.41. The van der Waals surface area contributed by atoms with E-state index in [-0.39, 0.29) is 17.9 Å². The van der Waals surface area contributed by atoms with Gasteiger partial charge in [0, 0.05) is 68.0 Å². The van der Waals surface area contributed by atoms with Crippen molar-refractivity contribution in [2.45, 2.75) is 62.6 Å². The Morgan fingerprint density at radius 1 is 0.917 bits per heavy atom. The fraction of sp³-hybridized carbons (Fsp3) is 0.704. The van der Waals surface area contributed by atoms with Gasteiger partial charge in [0.05, 0.1) is 13.2 Å². The Kier molecular flexibility index (Phi) is 5.91. The summed E-state index contributed by atoms with van der Waals surface area (Å²) >= 11 is 0. The SMILES string of the molecule is O=C(c1ccc(OC2CCOC2)c(C2CC2)c1)N1C[C@@H]2CN(C(=O)C3CCC4NNNC4C3)C[C@H]2C1. The normalized spacial score (nSPS) is 35.7. The van der Waals surface area contributed by atoms with Crippen molar-refractivity contribution in [1.82, 2.24) is 26.2 Å². The summed E-state index contributed by atoms with van der Waals surface area (Å²) in [7, 11) is 0. The van der Waals surface area contributed by atoms with Crippen molar-refractivity contribution < 1.29 is 19.1 Å². The zero-order chi connectivity index (χ0) is 24.2. The number of hydrogen-bond donors (Lipinski definition) is 3. The largest absolute Gasteiger partial charge is 0.488 e. The maximum atomic E-state index is 13.5. The smallest absolute Gasteiger partial charge is 0.253 e. The number of benzene rings is 1. The topological polar surface area (TPSA) is 95.2 Å². The van der Waals surface area contributed by atoms with Crippen molar-refractivity contribution in [3.05, 3.63) is 29.3 Å². The number of hydrazine groups is 2. The summed E-state index contributed by atoms with van der Waals surface area (Å²) in [6, 6.07) is 6.75. The van der Waals surface area contributed by atoms with Crippen molar-refractivity contribution in [2.75, 3.05) is 39.4 Å². The molecule has 9 heteroatoms. The second-order valence-corrected chi connectivity index (χ2v) is 11.7. The first-order chi connectivity index (χ1) is 17.6. The van der Waals surface area contributed by atoms with Crippen LogP contribution in [0.3, 0.4) is 0 Å². The minimum atomic E-state index is 0.106. The lowest BCUT2D eigenvalue weighted by Crippen LogP contribution is -2.45. The molecule has 36 heavy (non-hydrogen) atoms. The fourth-order valence-electron chi connectivity index (χ4n) is 7.02. The summed E-state index contributed by atoms with van der Waals surface area (Å²) in [5, 5.41) is 0. The number of fused-ring (bicyclic) bond motifs is 2. The first-order valence-electron chi connectivity index (χ1n) is 13.8. The monoisotopic (exact) mass is 495 g/mol. The Hall–Kier alpha value is -2.20. The maximum absolute atomic E-state index is 13.5. The van der Waals surface area contributed by atoms with Crippen LogP contribution in [0.5, 0.6) is 5.75 Å². The number of rotatable bonds is 5. The van der Waals surface area contributed by atoms with Gasteiger partial charge in [-0.1, -0.05) is 0 Å². The predicted molar refractivity (Wildman–Crippen MR) is 132 cm³/mol. The van der Waals surface area contributed by atoms with Crippen molar-refractivity contribution in [3.8, 4) is 5.75 Å². The Bertz CT molecular complexity index is 1010. The lowest BCUT2D eigenvalue weighted by molar-refractivity contribution is -0.136. The van der Waals surface area contributed by atoms with Crippen LogP contribution in [-0.4, -0.2) is 79.2 Å². The average molecular weight is 496 g/mol. The zero-order valence-electron chi connectivity index (χ0n) is 20.8. The molecular weight excluding hydrogens is 458 g/mol. The molecule has 9 nitrogen and oxygen atoms in total. The average Bonchev–Trinajstić information content (AvgIpc) is 3.27. The molecule has 6 atom stereocenters. The van der Waals surface area contributed by atoms with E-state index in [2.05, 4.69) is 27.4 Å². The van der Waals surface area contributed by atoms with E-state index >= 15 is 0 Å². The van der Waals surface area contributed by atoms with Gasteiger partial charge in [-0.05, 0) is 61.8 Å². The van der Waals surface area contributed by atoms with Crippen LogP contribution in [0.25, 0.3) is 0 Å². The Morgan fingerprint density at radius 3 is 2.44 bits per heavy atom. The molecule has 0 bridgehead atoms. The van der Waals surface area contributed by atoms with Crippen molar-refractivity contribution in [1.29, 1.82) is 0 Å². The fourth-order valence-corrected chi connectivity index (χ4v) is 7.02. The standard InChI is InChI=1S/C27H37N5O4/c33-26(17-4-6-25(22(9-17)16-1-2-16)36-21-7-8-35-15-21)31-11-19-13-32(14-20(19)12-31)27(34)18-3-5-23-24(10-18)29-30-28-23/h4,6,9,16,18-21,23-24,28-30H,1-3,5,7-8,10-15H2/t18?,19-,20-,21?,23?,24?/m1/s1. The molecule has 2 saturated carbocycles. The minimum absolute atomic E-state index is 0.106. The van der Waals surface area contributed by atoms with Gasteiger partial charge in [-0.25, -0.2) is 10.9 Å². The number of amides is 2. The highest BCUT2D eigenvalue weighted by Crippen LogP contribution is 2.45. The number of hydrogen-bond acceptors (Lipinski definition) is 7. The quantitative estimate of drug-likeness (QED) is 0.569. The van der Waals surface area contributed by atoms with Gasteiger partial charge < -0.3 is 19.3 Å². The van der Waals surface area contributed by atoms with Crippen LogP contribution in [0.4, 0.5) is 0 Å². The molecule has 6 fully saturated rings. The Balaban J connectivity index is 0.973. The molecule has 6 aliphatic rings. The van der Waals surface area contributed by atoms with Crippen LogP contribution < -0.4 is 21.1 Å². The van der Waals surface area contributed by atoms with E-state index in [1.165, 1.54) is 18.4 Å². The summed E-state index contributed by atoms with van der Waals surface area (Å²) in [6.07, 6.45) is 6.22. The third kappa shape index (κ3) is 4.30. The van der Waals surface area contributed by atoms with Gasteiger partial charge in [0.2, 0.25) is 5.91 Å². The first-order valence-corrected chi connectivity index (χ1v) is 13.8. The molecule has 2 aliphatic carbocycles. The van der Waals surface area contributed by atoms with Crippen LogP contribution >= 0.6 is 0 Å². The number of nitrogens with zero attached hydrogens (tertiary/aromatic N) is 2. The van der Waals surface area contributed by atoms with E-state index in [0.717, 1.165) is 69.8 Å². The van der Waals surface area contributed by atoms with Crippen molar-refractivity contribution in [2.24, 2.45) is 17.8 Å². The minimum Gasteiger partial charge on any atom is -0.488 e. The number of carbonyl (C=O) groups is 2. The maximum Gasteiger partial charge on any atom is 0.253 e. The molecule has 7 rings (SSSR count). The molecule has 194 valence electrons. The summed E-state index contributed by atoms with van der Waals surface area (Å²) in [6.45, 7) is 4.46. The van der Waals surface area contributed by atoms with Gasteiger partial charge in [-0.15, -0.1) is 0 Å². The highest BCUT2D eigenvalue weighted by Gasteiger charge is 2.46. The van der Waals surface area contributed by atoms with Gasteiger partial charge in [-0.3, -0.25) is 9.59 Å². The van der Waals surface area contributed by atoms with E-state index in [1.54, 1.807) is 0 Å². The third-order valence-electron chi connectivity index (χ3n) is 9.26. The van der Waals surface area contributed by atoms with Gasteiger partial charge in [0.15, 0.2) is 0 Å². The highest BCUT2D eigenvalue weighted by molar-refractivity contribution is 5.95. The van der Waals surface area contributed by atoms with E-state index in [1.807, 2.05) is 17.0 Å². The van der Waals surface area contributed by atoms with Crippen LogP contribution in [-0.2, 0) is 9.53 Å². The first kappa shape index (κ1) is 23.0. The molecule has 4 saturated heterocycles. The number of carbonyl (C=O) groups excluding carboxylic acids is 2. The summed E-state index contributed by atoms with van der Waals surface area (Å²) in [5.74, 6) is 2.73. The van der Waals surface area contributed by atoms with Gasteiger partial charge in [0.1, 0.15) is 11.9 Å². The molecule has 4 aliphatic heterocycles. The van der Waals surface area contributed by atoms with Gasteiger partial charge >= 0.3 is 0 Å². The molecular formula is C27H37N5O4. The van der Waals surface area contributed by atoms with E-state index in [0.29, 0.717) is 42.4 Å². The highest BCUT2D eigenvalue weighted by atomic mass is 16.5. The second-order valence-electron chi connectivity index (χ2n) is 11.7. The van der Waals surface area contributed by atoms with E-state index in [9.17, 15) is 9.59 Å². The molecule has 0 radical (unpaired) electrons. The van der Waals surface area contributed by atoms with Crippen LogP contribution in [0.2, 0.25) is 0 Å². The second kappa shape index (κ2) is 9.28. The Labute approximate surface area is 212 Å². The summed E-state index contributed by atoms with van der Waals surface area (Å²) in [4.78, 5) is 30.8. The molecule has 0 spiro atoms. The molecule has 4 unspecified atom stereocenters. The molecule has 3 N–H and O–H groups in total. The number of ether oxygens (including phenoxy) is 2. The molecule has 0 aromatic heterocycles. The molecule has 1 aromatic carbocycles. The zero-order valence-corrected chi connectivity index (χ0v) is 20.8. The van der Waals surface area contributed by atoms with Crippen LogP contribution in [0.1, 0.15) is 60.4 Å². The lowest BCUT2D eigenvalue weighted by Gasteiger charge is -2.32. The van der Waals surface area contributed by atoms with Crippen LogP contribution in [0.15, 0.2) is 18.2 Å². The van der Waals surface area contributed by atoms with E-state index in [4.69, 9.17) is 9.47 Å². The lowest BCUT2D eigenvalue weighted by atomic mass is 9.82. The van der Waals surface area contributed by atoms with Crippen molar-refractivity contribution in [3.63, 3.8) is 0 Å². The third-order valence-corrected chi connectivity index (χ3v) is 9.26. The Morgan fingerprint density at radius 2 is 1.69 bits per heavy atom. The van der Waals surface area contributed by atoms with Gasteiger partial charge in [0.25, 0.3) is 5.91 Å². The molecule has 4 heterocycles. The molecule has 2 amide bonds. The summed E-state index contributed by atoms with van der Waals surface area (Å²) < 4.78 is 11.7.